The second kappa shape index (κ2) is 18.6. The number of ether oxygens (including phenoxy) is 1. The molecule has 0 aliphatic rings. The Bertz CT molecular complexity index is 271. The van der Waals surface area contributed by atoms with Crippen LogP contribution in [0.15, 0.2) is 0 Å². The van der Waals surface area contributed by atoms with Crippen LogP contribution >= 0.6 is 0 Å². The molecule has 1 amide bonds. The van der Waals surface area contributed by atoms with Gasteiger partial charge in [0.25, 0.3) is 0 Å². The van der Waals surface area contributed by atoms with Crippen molar-refractivity contribution in [2.45, 2.75) is 40.2 Å². The topological polar surface area (TPSA) is 52.3 Å². The van der Waals surface area contributed by atoms with E-state index in [2.05, 4.69) is 4.74 Å². The van der Waals surface area contributed by atoms with Gasteiger partial charge < -0.3 is 62.3 Å². The molecule has 0 aliphatic carbocycles. The van der Waals surface area contributed by atoms with Gasteiger partial charge in [-0.15, -0.1) is 0 Å². The molecule has 0 saturated carbocycles. The van der Waals surface area contributed by atoms with Crippen LogP contribution in [-0.2, 0) is 4.74 Å². The van der Waals surface area contributed by atoms with E-state index in [-0.39, 0.29) is 51.4 Å². The van der Waals surface area contributed by atoms with Crippen LogP contribution in [-0.4, -0.2) is 84.8 Å². The molecule has 0 aromatic carbocycles. The second-order valence-corrected chi connectivity index (χ2v) is 4.02. The number of nitrogens with two attached hydrogens (primary N) is 1. The number of halogens is 12. The van der Waals surface area contributed by atoms with E-state index in [1.54, 1.807) is 20.8 Å². The first-order valence-electron chi connectivity index (χ1n) is 6.02. The van der Waals surface area contributed by atoms with E-state index in [9.17, 15) is 56.6 Å². The van der Waals surface area contributed by atoms with Crippen molar-refractivity contribution in [1.82, 2.24) is 0 Å². The molecule has 0 aliphatic heterocycles. The first-order valence-corrected chi connectivity index (χ1v) is 6.02. The molecule has 0 saturated heterocycles. The van der Waals surface area contributed by atoms with E-state index in [0.717, 1.165) is 0 Å². The molecule has 0 unspecified atom stereocenters. The van der Waals surface area contributed by atoms with Gasteiger partial charge in [-0.3, -0.25) is 0 Å². The van der Waals surface area contributed by atoms with Crippen molar-refractivity contribution >= 4 is 79.2 Å². The van der Waals surface area contributed by atoms with Crippen LogP contribution in [0.2, 0.25) is 0 Å². The first-order chi connectivity index (χ1) is 10.4. The summed E-state index contributed by atoms with van der Waals surface area (Å²) in [5.74, 6) is 0. The van der Waals surface area contributed by atoms with Crippen LogP contribution in [0.25, 0.3) is 0 Å². The molecular formula is C7H18B3F12KNO2-3. The number of carbonyl (C=O) groups excluding carboxylic acids is 1. The molecule has 0 aromatic rings. The Morgan fingerprint density at radius 3 is 0.808 bits per heavy atom. The number of amides is 1. The Balaban J connectivity index is -0.0000000501. The molecule has 0 heterocycles. The monoisotopic (exact) mass is 448 g/mol. The third-order valence-corrected chi connectivity index (χ3v) is 0.407. The van der Waals surface area contributed by atoms with Crippen LogP contribution in [0.3, 0.4) is 0 Å². The van der Waals surface area contributed by atoms with E-state index in [4.69, 9.17) is 5.73 Å². The predicted molar refractivity (Wildman–Crippen MR) is 79.5 cm³/mol. The van der Waals surface area contributed by atoms with Gasteiger partial charge in [0.2, 0.25) is 0 Å². The van der Waals surface area contributed by atoms with E-state index >= 15 is 0 Å². The Labute approximate surface area is 185 Å². The van der Waals surface area contributed by atoms with Crippen molar-refractivity contribution in [3.63, 3.8) is 0 Å². The molecule has 26 heavy (non-hydrogen) atoms. The normalized spacial score (nSPS) is 10.5. The first kappa shape index (κ1) is 40.8. The van der Waals surface area contributed by atoms with Crippen LogP contribution in [0.4, 0.5) is 56.6 Å². The maximum absolute atomic E-state index is 10.0. The van der Waals surface area contributed by atoms with E-state index in [1.165, 1.54) is 0 Å². The van der Waals surface area contributed by atoms with Crippen LogP contribution in [0, 0.1) is 0 Å². The third kappa shape index (κ3) is 474. The van der Waals surface area contributed by atoms with E-state index in [1.807, 2.05) is 13.8 Å². The molecular weight excluding hydrogens is 430 g/mol. The van der Waals surface area contributed by atoms with Crippen LogP contribution < -0.4 is 5.73 Å². The molecule has 19 heteroatoms. The van der Waals surface area contributed by atoms with Gasteiger partial charge in [-0.2, -0.15) is 0 Å². The number of hydrogen-bond donors (Lipinski definition) is 1. The zero-order valence-electron chi connectivity index (χ0n) is 13.7. The van der Waals surface area contributed by atoms with Gasteiger partial charge in [-0.05, 0) is 20.8 Å². The van der Waals surface area contributed by atoms with E-state index < -0.39 is 33.5 Å². The average Bonchev–Trinajstić information content (AvgIpc) is 2.07. The van der Waals surface area contributed by atoms with Gasteiger partial charge in [0.1, 0.15) is 5.60 Å². The Morgan fingerprint density at radius 2 is 0.808 bits per heavy atom. The van der Waals surface area contributed by atoms with Gasteiger partial charge in [0.15, 0.2) is 0 Å². The van der Waals surface area contributed by atoms with E-state index in [0.29, 0.717) is 0 Å². The Morgan fingerprint density at radius 1 is 0.692 bits per heavy atom. The second-order valence-electron chi connectivity index (χ2n) is 4.02. The zero-order valence-corrected chi connectivity index (χ0v) is 13.7. The minimum atomic E-state index is -6.00. The SMILES string of the molecule is CC.CC(C)(C)OC(N)=O.F[B-](F)(F)F.F[B-](F)(F)F.F[B-](F)(F)F.[KH]. The summed E-state index contributed by atoms with van der Waals surface area (Å²) in [6.07, 6.45) is -0.725. The summed E-state index contributed by atoms with van der Waals surface area (Å²) in [6.45, 7) is 9.28. The number of carbonyl (C=O) groups is 1. The zero-order chi connectivity index (χ0) is 22.3. The van der Waals surface area contributed by atoms with Crippen molar-refractivity contribution in [3.05, 3.63) is 0 Å². The van der Waals surface area contributed by atoms with Crippen molar-refractivity contribution in [2.24, 2.45) is 5.73 Å². The maximum atomic E-state index is 10.0. The number of hydrogen-bond acceptors (Lipinski definition) is 2. The van der Waals surface area contributed by atoms with Crippen LogP contribution in [0.5, 0.6) is 0 Å². The predicted octanol–water partition coefficient (Wildman–Crippen LogP) is 5.16. The summed E-state index contributed by atoms with van der Waals surface area (Å²) in [5.41, 5.74) is 4.26. The standard InChI is InChI=1S/C5H11NO2.C2H6.3BF4.K.H/c1-5(2,3)8-4(6)7;1-2;3*2-1(3,4)5;;/h1-3H3,(H2,6,7);1-2H3;;;;;/q;;3*-1;;. The minimum absolute atomic E-state index is 0. The fraction of sp³-hybridized carbons (Fsp3) is 0.857. The van der Waals surface area contributed by atoms with Gasteiger partial charge in [0, 0.05) is 0 Å². The summed E-state index contributed by atoms with van der Waals surface area (Å²) in [7, 11) is -18.0. The molecule has 0 rings (SSSR count). The fourth-order valence-electron chi connectivity index (χ4n) is 0.302. The summed E-state index contributed by atoms with van der Waals surface area (Å²) in [6, 6.07) is 0. The Hall–Kier alpha value is 0.261. The molecule has 3 nitrogen and oxygen atoms in total. The Kier molecular flexibility index (Phi) is 29.2. The molecule has 0 bridgehead atoms. The summed E-state index contributed by atoms with van der Waals surface area (Å²) in [5, 5.41) is 0. The van der Waals surface area contributed by atoms with Crippen molar-refractivity contribution in [3.8, 4) is 0 Å². The van der Waals surface area contributed by atoms with Crippen molar-refractivity contribution in [1.29, 1.82) is 0 Å². The molecule has 0 fully saturated rings. The summed E-state index contributed by atoms with van der Waals surface area (Å²) >= 11 is 0. The van der Waals surface area contributed by atoms with Gasteiger partial charge in [-0.1, -0.05) is 13.8 Å². The van der Waals surface area contributed by atoms with Gasteiger partial charge in [0.05, 0.1) is 0 Å². The van der Waals surface area contributed by atoms with Gasteiger partial charge >= 0.3 is 79.2 Å². The molecule has 160 valence electrons. The molecule has 0 atom stereocenters. The van der Waals surface area contributed by atoms with Gasteiger partial charge in [-0.25, -0.2) is 4.79 Å². The molecule has 0 spiro atoms. The fourth-order valence-corrected chi connectivity index (χ4v) is 0.302. The summed E-state index contributed by atoms with van der Waals surface area (Å²) < 4.78 is 122. The molecule has 0 radical (unpaired) electrons. The average molecular weight is 448 g/mol. The molecule has 2 N–H and O–H groups in total. The molecule has 0 aromatic heterocycles. The number of primary amides is 1. The van der Waals surface area contributed by atoms with Crippen molar-refractivity contribution < 1.29 is 61.3 Å². The summed E-state index contributed by atoms with van der Waals surface area (Å²) in [4.78, 5) is 10.0. The van der Waals surface area contributed by atoms with Crippen LogP contribution in [0.1, 0.15) is 34.6 Å². The quantitative estimate of drug-likeness (QED) is 0.412. The third-order valence-electron chi connectivity index (χ3n) is 0.407. The number of rotatable bonds is 0. The van der Waals surface area contributed by atoms with Crippen molar-refractivity contribution in [2.75, 3.05) is 0 Å².